The standard InChI is InChI=1S/C20H23BrN2O10.C15H15BrN2O5.C6H11NO4.ClH/c21-9-1-2-12-10(4-9)8(3-14(25)22-11(20(31)32)5-15(26)27)6-23(12)19-18(30)17(29)16(28)13(7-24)33-19;16-10-1-3-13-12(6-10)9(5-15(22)23)7-18(13)17-11(8-19)2-4-14(20)21;1-10-5(8)3-4(7)6(9)11-2;/h1-2,4,6,11,13,16-19,24,28-30H,3,5,7H2,(H,22,25)(H,26,27)(H,31,32);1,3,6-8,11,17H,2,4-5H2,(H,20,21)(H,22,23);4H,3,7H2,1-2H3;1H/t11-,13-,16-,17+,18-,19-;11-;;/m10../s1. The molecule has 1 saturated heterocycles. The molecule has 0 spiro atoms. The number of rotatable bonds is 19. The third-order valence-electron chi connectivity index (χ3n) is 9.83. The lowest BCUT2D eigenvalue weighted by Gasteiger charge is -2.40. The number of nitrogens with two attached hydrogens (primary N) is 1. The van der Waals surface area contributed by atoms with Gasteiger partial charge in [-0.05, 0) is 53.9 Å². The van der Waals surface area contributed by atoms with E-state index < -0.39 is 104 Å². The second kappa shape index (κ2) is 27.3. The molecule has 5 rings (SSSR count). The predicted molar refractivity (Wildman–Crippen MR) is 245 cm³/mol. The largest absolute Gasteiger partial charge is 0.481 e. The number of aliphatic hydroxyl groups excluding tert-OH is 4. The second-order valence-corrected chi connectivity index (χ2v) is 16.5. The molecule has 1 aliphatic rings. The fraction of sp³-hybridized carbons (Fsp3) is 0.415. The first kappa shape index (κ1) is 58.4. The molecule has 68 heavy (non-hydrogen) atoms. The van der Waals surface area contributed by atoms with E-state index in [1.54, 1.807) is 47.3 Å². The number of nitrogens with one attached hydrogen (secondary N) is 2. The van der Waals surface area contributed by atoms with Gasteiger partial charge in [0.25, 0.3) is 0 Å². The Morgan fingerprint density at radius 3 is 1.91 bits per heavy atom. The van der Waals surface area contributed by atoms with Gasteiger partial charge in [-0.2, -0.15) is 0 Å². The van der Waals surface area contributed by atoms with Gasteiger partial charge in [-0.25, -0.2) is 4.79 Å². The summed E-state index contributed by atoms with van der Waals surface area (Å²) >= 11 is 6.68. The van der Waals surface area contributed by atoms with Crippen LogP contribution in [0, 0.1) is 0 Å². The first-order valence-electron chi connectivity index (χ1n) is 19.7. The lowest BCUT2D eigenvalue weighted by Crippen LogP contribution is -2.56. The first-order valence-corrected chi connectivity index (χ1v) is 21.3. The molecule has 12 N–H and O–H groups in total. The molecular formula is C41H50Br2ClN5O19. The van der Waals surface area contributed by atoms with Crippen molar-refractivity contribution in [1.82, 2.24) is 14.6 Å². The van der Waals surface area contributed by atoms with Gasteiger partial charge in [0.1, 0.15) is 42.8 Å². The third kappa shape index (κ3) is 16.5. The molecule has 4 aromatic rings. The van der Waals surface area contributed by atoms with Gasteiger partial charge in [0.2, 0.25) is 5.91 Å². The van der Waals surface area contributed by atoms with Gasteiger partial charge in [0, 0.05) is 38.5 Å². The average Bonchev–Trinajstić information content (AvgIpc) is 3.78. The molecule has 1 unspecified atom stereocenters. The van der Waals surface area contributed by atoms with Crippen LogP contribution in [0.25, 0.3) is 21.8 Å². The fourth-order valence-corrected chi connectivity index (χ4v) is 7.28. The van der Waals surface area contributed by atoms with E-state index in [9.17, 15) is 58.8 Å². The summed E-state index contributed by atoms with van der Waals surface area (Å²) in [4.78, 5) is 88.5. The van der Waals surface area contributed by atoms with E-state index in [1.165, 1.54) is 25.0 Å². The molecule has 1 fully saturated rings. The summed E-state index contributed by atoms with van der Waals surface area (Å²) < 4.78 is 18.7. The molecule has 0 radical (unpaired) electrons. The Kier molecular flexibility index (Phi) is 23.5. The van der Waals surface area contributed by atoms with Crippen molar-refractivity contribution in [3.63, 3.8) is 0 Å². The topological polar surface area (TPSA) is 386 Å². The van der Waals surface area contributed by atoms with Crippen molar-refractivity contribution in [2.75, 3.05) is 26.3 Å². The Hall–Kier alpha value is -5.71. The van der Waals surface area contributed by atoms with Crippen LogP contribution in [0.4, 0.5) is 0 Å². The Labute approximate surface area is 408 Å². The van der Waals surface area contributed by atoms with Crippen LogP contribution in [-0.2, 0) is 65.4 Å². The van der Waals surface area contributed by atoms with E-state index in [-0.39, 0.29) is 44.5 Å². The molecule has 3 heterocycles. The van der Waals surface area contributed by atoms with Crippen molar-refractivity contribution >= 4 is 114 Å². The first-order chi connectivity index (χ1) is 31.5. The highest BCUT2D eigenvalue weighted by molar-refractivity contribution is 9.10. The molecule has 1 aliphatic heterocycles. The Morgan fingerprint density at radius 2 is 1.40 bits per heavy atom. The predicted octanol–water partition coefficient (Wildman–Crippen LogP) is 0.441. The molecular weight excluding hydrogens is 1060 g/mol. The number of carboxylic acid groups (broad SMARTS) is 4. The summed E-state index contributed by atoms with van der Waals surface area (Å²) in [5.41, 5.74) is 10.4. The molecule has 8 atom stereocenters. The van der Waals surface area contributed by atoms with Crippen LogP contribution >= 0.6 is 44.3 Å². The minimum Gasteiger partial charge on any atom is -0.481 e. The zero-order chi connectivity index (χ0) is 50.3. The van der Waals surface area contributed by atoms with E-state index in [4.69, 9.17) is 30.9 Å². The summed E-state index contributed by atoms with van der Waals surface area (Å²) in [6, 6.07) is 7.22. The van der Waals surface area contributed by atoms with Gasteiger partial charge in [0.05, 0.1) is 63.6 Å². The molecule has 24 nitrogen and oxygen atoms in total. The zero-order valence-corrected chi connectivity index (χ0v) is 40.0. The van der Waals surface area contributed by atoms with Crippen LogP contribution in [0.3, 0.4) is 0 Å². The number of ether oxygens (including phenoxy) is 3. The number of carbonyl (C=O) groups excluding carboxylic acids is 4. The average molecular weight is 1110 g/mol. The number of hydrogen-bond acceptors (Lipinski definition) is 17. The second-order valence-electron chi connectivity index (χ2n) is 14.6. The number of carbonyl (C=O) groups is 8. The van der Waals surface area contributed by atoms with Crippen molar-refractivity contribution in [2.45, 2.75) is 87.3 Å². The number of carboxylic acids is 4. The maximum Gasteiger partial charge on any atom is 0.326 e. The van der Waals surface area contributed by atoms with Crippen molar-refractivity contribution in [3.8, 4) is 0 Å². The van der Waals surface area contributed by atoms with Gasteiger partial charge in [-0.1, -0.05) is 31.9 Å². The highest BCUT2D eigenvalue weighted by atomic mass is 79.9. The minimum absolute atomic E-state index is 0. The summed E-state index contributed by atoms with van der Waals surface area (Å²) in [6.45, 7) is -0.610. The van der Waals surface area contributed by atoms with Gasteiger partial charge in [-0.3, -0.25) is 33.4 Å². The third-order valence-corrected chi connectivity index (χ3v) is 10.8. The highest BCUT2D eigenvalue weighted by Gasteiger charge is 2.44. The molecule has 0 aliphatic carbocycles. The number of fused-ring (bicyclic) bond motifs is 2. The number of aldehydes is 1. The minimum atomic E-state index is -1.61. The maximum atomic E-state index is 12.5. The maximum absolute atomic E-state index is 12.5. The van der Waals surface area contributed by atoms with Crippen molar-refractivity contribution in [3.05, 3.63) is 68.9 Å². The molecule has 2 aromatic carbocycles. The lowest BCUT2D eigenvalue weighted by molar-refractivity contribution is -0.250. The summed E-state index contributed by atoms with van der Waals surface area (Å²) in [6.07, 6.45) is -4.73. The smallest absolute Gasteiger partial charge is 0.326 e. The van der Waals surface area contributed by atoms with Crippen molar-refractivity contribution in [2.24, 2.45) is 5.73 Å². The summed E-state index contributed by atoms with van der Waals surface area (Å²) in [5, 5.41) is 79.3. The number of aliphatic hydroxyl groups is 4. The number of benzene rings is 2. The fourth-order valence-electron chi connectivity index (χ4n) is 6.55. The highest BCUT2D eigenvalue weighted by Crippen LogP contribution is 2.34. The van der Waals surface area contributed by atoms with E-state index >= 15 is 0 Å². The number of hydrogen-bond donors (Lipinski definition) is 11. The van der Waals surface area contributed by atoms with E-state index in [1.807, 2.05) is 0 Å². The van der Waals surface area contributed by atoms with Gasteiger partial charge in [-0.15, -0.1) is 12.4 Å². The van der Waals surface area contributed by atoms with E-state index in [0.29, 0.717) is 38.3 Å². The van der Waals surface area contributed by atoms with Crippen LogP contribution in [-0.4, -0.2) is 161 Å². The van der Waals surface area contributed by atoms with Crippen LogP contribution in [0.1, 0.15) is 43.0 Å². The number of halogens is 3. The zero-order valence-electron chi connectivity index (χ0n) is 36.0. The van der Waals surface area contributed by atoms with Gasteiger partial charge in [0.15, 0.2) is 6.23 Å². The SMILES string of the molecule is COC(=O)CC(N)C(=O)OC.Cl.O=C(O)C[C@@H](NC(=O)Cc1cn([C@@H]2O[C@H](CO)[C@@H](O)[C@H](O)[C@H]2O)c2ccc(Br)cc12)C(=O)O.O=C[C@H](CCC(=O)O)Nn1cc(CC(=O)O)c2cc(Br)ccc21. The monoisotopic (exact) mass is 1110 g/mol. The lowest BCUT2D eigenvalue weighted by atomic mass is 9.98. The Balaban J connectivity index is 0.000000393. The summed E-state index contributed by atoms with van der Waals surface area (Å²) in [5.74, 6) is -6.69. The number of aliphatic carboxylic acids is 4. The molecule has 0 bridgehead atoms. The molecule has 2 aromatic heterocycles. The van der Waals surface area contributed by atoms with Crippen molar-refractivity contribution in [1.29, 1.82) is 0 Å². The van der Waals surface area contributed by atoms with Gasteiger partial charge >= 0.3 is 35.8 Å². The number of nitrogens with zero attached hydrogens (tertiary/aromatic N) is 2. The normalized spacial score (nSPS) is 18.7. The number of methoxy groups -OCH3 is 2. The van der Waals surface area contributed by atoms with Crippen LogP contribution in [0.2, 0.25) is 0 Å². The van der Waals surface area contributed by atoms with Crippen LogP contribution in [0.5, 0.6) is 0 Å². The Morgan fingerprint density at radius 1 is 0.809 bits per heavy atom. The molecule has 1 amide bonds. The number of esters is 2. The molecule has 0 saturated carbocycles. The Bertz CT molecular complexity index is 2430. The van der Waals surface area contributed by atoms with E-state index in [0.717, 1.165) is 9.86 Å². The van der Waals surface area contributed by atoms with Gasteiger partial charge < -0.3 is 80.9 Å². The molecule has 374 valence electrons. The summed E-state index contributed by atoms with van der Waals surface area (Å²) in [7, 11) is 2.44. The van der Waals surface area contributed by atoms with Crippen LogP contribution < -0.4 is 16.5 Å². The molecule has 27 heteroatoms. The number of amides is 1. The van der Waals surface area contributed by atoms with Crippen molar-refractivity contribution < 1.29 is 93.4 Å². The number of aromatic nitrogens is 2. The quantitative estimate of drug-likeness (QED) is 0.0448. The van der Waals surface area contributed by atoms with Crippen LogP contribution in [0.15, 0.2) is 57.7 Å². The van der Waals surface area contributed by atoms with E-state index in [2.05, 4.69) is 52.1 Å².